The van der Waals surface area contributed by atoms with Gasteiger partial charge in [0, 0.05) is 42.9 Å². The Bertz CT molecular complexity index is 1050. The zero-order valence-corrected chi connectivity index (χ0v) is 17.8. The summed E-state index contributed by atoms with van der Waals surface area (Å²) in [5.74, 6) is 0.743. The van der Waals surface area contributed by atoms with Gasteiger partial charge < -0.3 is 9.88 Å². The van der Waals surface area contributed by atoms with Crippen molar-refractivity contribution in [3.63, 3.8) is 0 Å². The second-order valence-corrected chi connectivity index (χ2v) is 8.14. The van der Waals surface area contributed by atoms with E-state index in [-0.39, 0.29) is 17.5 Å². The van der Waals surface area contributed by atoms with E-state index >= 15 is 0 Å². The minimum Gasteiger partial charge on any atom is -0.349 e. The number of hydrogen-bond acceptors (Lipinski definition) is 6. The molecule has 0 unspecified atom stereocenters. The monoisotopic (exact) mass is 425 g/mol. The summed E-state index contributed by atoms with van der Waals surface area (Å²) in [5, 5.41) is 14.9. The van der Waals surface area contributed by atoms with Gasteiger partial charge in [0.05, 0.1) is 17.2 Å². The summed E-state index contributed by atoms with van der Waals surface area (Å²) in [4.78, 5) is 31.9. The van der Waals surface area contributed by atoms with Gasteiger partial charge in [-0.15, -0.1) is 0 Å². The lowest BCUT2D eigenvalue weighted by Crippen LogP contribution is -2.22. The first kappa shape index (κ1) is 21.5. The van der Waals surface area contributed by atoms with E-state index < -0.39 is 4.92 Å². The van der Waals surface area contributed by atoms with Gasteiger partial charge in [-0.2, -0.15) is 0 Å². The molecule has 0 atom stereocenters. The lowest BCUT2D eigenvalue weighted by atomic mass is 10.1. The van der Waals surface area contributed by atoms with Crippen molar-refractivity contribution in [3.8, 4) is 0 Å². The summed E-state index contributed by atoms with van der Waals surface area (Å²) in [6.07, 6.45) is 3.47. The molecule has 0 saturated heterocycles. The van der Waals surface area contributed by atoms with E-state index in [1.807, 2.05) is 18.2 Å². The van der Waals surface area contributed by atoms with Crippen molar-refractivity contribution < 1.29 is 9.72 Å². The largest absolute Gasteiger partial charge is 0.349 e. The van der Waals surface area contributed by atoms with E-state index in [0.717, 1.165) is 27.0 Å². The van der Waals surface area contributed by atoms with E-state index in [1.54, 1.807) is 24.5 Å². The number of carbonyl (C=O) groups is 1. The van der Waals surface area contributed by atoms with Crippen molar-refractivity contribution in [2.45, 2.75) is 49.7 Å². The van der Waals surface area contributed by atoms with Gasteiger partial charge in [-0.3, -0.25) is 19.9 Å². The minimum atomic E-state index is -0.399. The quantitative estimate of drug-likeness (QED) is 0.430. The Labute approximate surface area is 178 Å². The molecule has 0 bridgehead atoms. The smallest absolute Gasteiger partial charge is 0.270 e. The van der Waals surface area contributed by atoms with Crippen molar-refractivity contribution in [1.29, 1.82) is 0 Å². The van der Waals surface area contributed by atoms with Crippen LogP contribution < -0.4 is 5.32 Å². The van der Waals surface area contributed by atoms with Crippen molar-refractivity contribution in [1.82, 2.24) is 19.9 Å². The predicted molar refractivity (Wildman–Crippen MR) is 114 cm³/mol. The van der Waals surface area contributed by atoms with E-state index in [9.17, 15) is 14.9 Å². The van der Waals surface area contributed by atoms with Crippen LogP contribution in [-0.2, 0) is 17.9 Å². The molecule has 0 aliphatic carbocycles. The molecule has 0 spiro atoms. The third-order valence-electron chi connectivity index (χ3n) is 4.40. The summed E-state index contributed by atoms with van der Waals surface area (Å²) in [6, 6.07) is 10.4. The molecule has 0 fully saturated rings. The van der Waals surface area contributed by atoms with Crippen molar-refractivity contribution in [2.75, 3.05) is 0 Å². The Balaban J connectivity index is 2.06. The molecule has 1 amide bonds. The van der Waals surface area contributed by atoms with Gasteiger partial charge >= 0.3 is 0 Å². The number of benzene rings is 1. The molecule has 2 heterocycles. The number of nitro groups is 1. The Morgan fingerprint density at radius 3 is 2.63 bits per heavy atom. The zero-order valence-electron chi connectivity index (χ0n) is 17.0. The fourth-order valence-corrected chi connectivity index (χ4v) is 4.15. The summed E-state index contributed by atoms with van der Waals surface area (Å²) in [7, 11) is 0. The highest BCUT2D eigenvalue weighted by Crippen LogP contribution is 2.36. The average molecular weight is 426 g/mol. The molecular weight excluding hydrogens is 402 g/mol. The maximum Gasteiger partial charge on any atom is 0.270 e. The summed E-state index contributed by atoms with van der Waals surface area (Å²) in [5.41, 5.74) is 1.98. The molecular formula is C21H23N5O3S. The number of nitrogens with zero attached hydrogens (tertiary/aromatic N) is 4. The molecule has 0 saturated carbocycles. The maximum atomic E-state index is 11.5. The normalized spacial score (nSPS) is 10.9. The van der Waals surface area contributed by atoms with E-state index in [1.165, 1.54) is 24.8 Å². The molecule has 3 rings (SSSR count). The van der Waals surface area contributed by atoms with Crippen LogP contribution in [0.2, 0.25) is 0 Å². The summed E-state index contributed by atoms with van der Waals surface area (Å²) in [6.45, 7) is 6.43. The molecule has 3 aromatic rings. The van der Waals surface area contributed by atoms with Crippen molar-refractivity contribution >= 4 is 23.4 Å². The number of carbonyl (C=O) groups excluding carboxylic acids is 1. The van der Waals surface area contributed by atoms with E-state index in [0.29, 0.717) is 13.1 Å². The van der Waals surface area contributed by atoms with Crippen LogP contribution >= 0.6 is 11.8 Å². The first-order valence-electron chi connectivity index (χ1n) is 9.50. The molecule has 0 aliphatic rings. The van der Waals surface area contributed by atoms with Gasteiger partial charge in [0.2, 0.25) is 5.91 Å². The van der Waals surface area contributed by atoms with Crippen LogP contribution in [-0.4, -0.2) is 25.4 Å². The zero-order chi connectivity index (χ0) is 21.7. The summed E-state index contributed by atoms with van der Waals surface area (Å²) < 4.78 is 2.06. The molecule has 2 aromatic heterocycles. The van der Waals surface area contributed by atoms with Crippen molar-refractivity contribution in [2.24, 2.45) is 0 Å². The third kappa shape index (κ3) is 5.24. The molecule has 8 nitrogen and oxygen atoms in total. The van der Waals surface area contributed by atoms with Crippen LogP contribution in [0.3, 0.4) is 0 Å². The van der Waals surface area contributed by atoms with Crippen LogP contribution in [0.25, 0.3) is 0 Å². The molecule has 1 N–H and O–H groups in total. The number of nitro benzene ring substituents is 1. The SMILES string of the molecule is CC(=O)NCc1nc(C(C)C)c(Sc2cccc([N+](=O)[O-])c2)n1Cc1ccncc1. The second-order valence-electron chi connectivity index (χ2n) is 7.08. The predicted octanol–water partition coefficient (Wildman–Crippen LogP) is 4.15. The number of pyridine rings is 1. The molecule has 0 aliphatic heterocycles. The van der Waals surface area contributed by atoms with Gasteiger partial charge in [0.1, 0.15) is 10.9 Å². The van der Waals surface area contributed by atoms with Crippen LogP contribution in [0.4, 0.5) is 5.69 Å². The molecule has 1 aromatic carbocycles. The van der Waals surface area contributed by atoms with Gasteiger partial charge in [0.15, 0.2) is 0 Å². The van der Waals surface area contributed by atoms with Gasteiger partial charge in [0.25, 0.3) is 5.69 Å². The van der Waals surface area contributed by atoms with Crippen LogP contribution in [0.15, 0.2) is 58.7 Å². The number of amides is 1. The first-order chi connectivity index (χ1) is 14.3. The molecule has 0 radical (unpaired) electrons. The van der Waals surface area contributed by atoms with Crippen LogP contribution in [0.1, 0.15) is 43.8 Å². The minimum absolute atomic E-state index is 0.0461. The lowest BCUT2D eigenvalue weighted by Gasteiger charge is -2.14. The number of aromatic nitrogens is 3. The summed E-state index contributed by atoms with van der Waals surface area (Å²) >= 11 is 1.44. The Kier molecular flexibility index (Phi) is 6.83. The van der Waals surface area contributed by atoms with E-state index in [4.69, 9.17) is 4.98 Å². The number of hydrogen-bond donors (Lipinski definition) is 1. The third-order valence-corrected chi connectivity index (χ3v) is 5.51. The number of nitrogens with one attached hydrogen (secondary N) is 1. The highest BCUT2D eigenvalue weighted by Gasteiger charge is 2.21. The van der Waals surface area contributed by atoms with Gasteiger partial charge in [-0.1, -0.05) is 31.7 Å². The number of rotatable bonds is 8. The van der Waals surface area contributed by atoms with Gasteiger partial charge in [-0.05, 0) is 29.7 Å². The average Bonchev–Trinajstić information content (AvgIpc) is 3.05. The number of non-ortho nitro benzene ring substituents is 1. The van der Waals surface area contributed by atoms with Gasteiger partial charge in [-0.25, -0.2) is 4.98 Å². The van der Waals surface area contributed by atoms with Crippen LogP contribution in [0.5, 0.6) is 0 Å². The Morgan fingerprint density at radius 1 is 1.27 bits per heavy atom. The first-order valence-corrected chi connectivity index (χ1v) is 10.3. The topological polar surface area (TPSA) is 103 Å². The lowest BCUT2D eigenvalue weighted by molar-refractivity contribution is -0.385. The highest BCUT2D eigenvalue weighted by molar-refractivity contribution is 7.99. The molecule has 9 heteroatoms. The standard InChI is InChI=1S/C21H23N5O3S/c1-14(2)20-21(30-18-6-4-5-17(11-18)26(28)29)25(13-16-7-9-22-10-8-16)19(24-20)12-23-15(3)27/h4-11,14H,12-13H2,1-3H3,(H,23,27). The van der Waals surface area contributed by atoms with Crippen LogP contribution in [0, 0.1) is 10.1 Å². The number of imidazole rings is 1. The molecule has 156 valence electrons. The Hall–Kier alpha value is -3.20. The fourth-order valence-electron chi connectivity index (χ4n) is 2.93. The van der Waals surface area contributed by atoms with Crippen molar-refractivity contribution in [3.05, 3.63) is 76.0 Å². The highest BCUT2D eigenvalue weighted by atomic mass is 32.2. The fraction of sp³-hybridized carbons (Fsp3) is 0.286. The second kappa shape index (κ2) is 9.53. The Morgan fingerprint density at radius 2 is 2.00 bits per heavy atom. The maximum absolute atomic E-state index is 11.5. The van der Waals surface area contributed by atoms with E-state index in [2.05, 4.69) is 28.7 Å². The molecule has 30 heavy (non-hydrogen) atoms.